The molecule has 1 rings (SSSR count). The fourth-order valence-corrected chi connectivity index (χ4v) is 1.10. The van der Waals surface area contributed by atoms with E-state index in [2.05, 4.69) is 21.8 Å². The number of rotatable bonds is 3. The van der Waals surface area contributed by atoms with Gasteiger partial charge in [0.25, 0.3) is 0 Å². The van der Waals surface area contributed by atoms with Gasteiger partial charge in [-0.25, -0.2) is 9.97 Å². The second-order valence-electron chi connectivity index (χ2n) is 2.94. The maximum atomic E-state index is 4.17. The zero-order valence-electron chi connectivity index (χ0n) is 7.91. The summed E-state index contributed by atoms with van der Waals surface area (Å²) in [5.41, 5.74) is 1.02. The zero-order chi connectivity index (χ0) is 8.97. The molecule has 0 aliphatic rings. The van der Waals surface area contributed by atoms with Crippen LogP contribution >= 0.6 is 0 Å². The Hall–Kier alpha value is -1.12. The first-order valence-corrected chi connectivity index (χ1v) is 4.24. The predicted octanol–water partition coefficient (Wildman–Crippen LogP) is 1.63. The molecule has 0 saturated heterocycles. The lowest BCUT2D eigenvalue weighted by Gasteiger charge is -2.16. The van der Waals surface area contributed by atoms with Crippen molar-refractivity contribution in [1.82, 2.24) is 9.97 Å². The summed E-state index contributed by atoms with van der Waals surface area (Å²) in [4.78, 5) is 10.4. The van der Waals surface area contributed by atoms with Gasteiger partial charge in [0, 0.05) is 25.4 Å². The SMILES string of the molecule is CCCN(C)c1cc(C)ncn1. The van der Waals surface area contributed by atoms with Crippen LogP contribution in [0, 0.1) is 6.92 Å². The second kappa shape index (κ2) is 4.04. The molecule has 1 aromatic rings. The molecule has 0 atom stereocenters. The summed E-state index contributed by atoms with van der Waals surface area (Å²) in [6, 6.07) is 2.00. The van der Waals surface area contributed by atoms with Crippen LogP contribution in [0.2, 0.25) is 0 Å². The van der Waals surface area contributed by atoms with Crippen molar-refractivity contribution in [3.8, 4) is 0 Å². The molecule has 0 unspecified atom stereocenters. The zero-order valence-corrected chi connectivity index (χ0v) is 7.91. The number of aromatic nitrogens is 2. The summed E-state index contributed by atoms with van der Waals surface area (Å²) in [6.07, 6.45) is 2.75. The van der Waals surface area contributed by atoms with Gasteiger partial charge in [-0.2, -0.15) is 0 Å². The highest BCUT2D eigenvalue weighted by atomic mass is 15.2. The third-order valence-electron chi connectivity index (χ3n) is 1.74. The van der Waals surface area contributed by atoms with E-state index in [9.17, 15) is 0 Å². The van der Waals surface area contributed by atoms with Gasteiger partial charge in [0.05, 0.1) is 0 Å². The van der Waals surface area contributed by atoms with Crippen molar-refractivity contribution in [3.63, 3.8) is 0 Å². The maximum Gasteiger partial charge on any atom is 0.131 e. The molecule has 0 saturated carbocycles. The van der Waals surface area contributed by atoms with Crippen LogP contribution in [-0.2, 0) is 0 Å². The number of hydrogen-bond acceptors (Lipinski definition) is 3. The third-order valence-corrected chi connectivity index (χ3v) is 1.74. The lowest BCUT2D eigenvalue weighted by atomic mass is 10.4. The van der Waals surface area contributed by atoms with Crippen molar-refractivity contribution in [1.29, 1.82) is 0 Å². The summed E-state index contributed by atoms with van der Waals surface area (Å²) in [5.74, 6) is 1.00. The number of aryl methyl sites for hydroxylation is 1. The summed E-state index contributed by atoms with van der Waals surface area (Å²) < 4.78 is 0. The molecule has 3 nitrogen and oxygen atoms in total. The number of anilines is 1. The molecule has 0 amide bonds. The molecule has 66 valence electrons. The number of hydrogen-bond donors (Lipinski definition) is 0. The van der Waals surface area contributed by atoms with Gasteiger partial charge in [-0.05, 0) is 13.3 Å². The Labute approximate surface area is 73.5 Å². The van der Waals surface area contributed by atoms with Crippen LogP contribution in [0.15, 0.2) is 12.4 Å². The molecule has 0 radical (unpaired) electrons. The first kappa shape index (κ1) is 8.97. The Kier molecular flexibility index (Phi) is 3.02. The molecule has 1 heterocycles. The normalized spacial score (nSPS) is 9.92. The molecule has 0 N–H and O–H groups in total. The topological polar surface area (TPSA) is 29.0 Å². The summed E-state index contributed by atoms with van der Waals surface area (Å²) in [5, 5.41) is 0. The Morgan fingerprint density at radius 1 is 1.42 bits per heavy atom. The molecule has 0 aromatic carbocycles. The van der Waals surface area contributed by atoms with Crippen molar-refractivity contribution in [2.45, 2.75) is 20.3 Å². The fourth-order valence-electron chi connectivity index (χ4n) is 1.10. The molecule has 0 aliphatic heterocycles. The van der Waals surface area contributed by atoms with E-state index in [0.29, 0.717) is 0 Å². The summed E-state index contributed by atoms with van der Waals surface area (Å²) in [6.45, 7) is 5.17. The van der Waals surface area contributed by atoms with E-state index in [-0.39, 0.29) is 0 Å². The predicted molar refractivity (Wildman–Crippen MR) is 50.3 cm³/mol. The first-order chi connectivity index (χ1) is 5.74. The van der Waals surface area contributed by atoms with Crippen molar-refractivity contribution in [2.24, 2.45) is 0 Å². The largest absolute Gasteiger partial charge is 0.360 e. The van der Waals surface area contributed by atoms with E-state index < -0.39 is 0 Å². The summed E-state index contributed by atoms with van der Waals surface area (Å²) in [7, 11) is 2.05. The van der Waals surface area contributed by atoms with E-state index in [0.717, 1.165) is 24.5 Å². The Morgan fingerprint density at radius 2 is 2.17 bits per heavy atom. The number of nitrogens with zero attached hydrogens (tertiary/aromatic N) is 3. The minimum Gasteiger partial charge on any atom is -0.360 e. The van der Waals surface area contributed by atoms with Gasteiger partial charge in [0.2, 0.25) is 0 Å². The van der Waals surface area contributed by atoms with Gasteiger partial charge in [-0.3, -0.25) is 0 Å². The lowest BCUT2D eigenvalue weighted by Crippen LogP contribution is -2.19. The van der Waals surface area contributed by atoms with Crippen molar-refractivity contribution >= 4 is 5.82 Å². The van der Waals surface area contributed by atoms with E-state index in [4.69, 9.17) is 0 Å². The Balaban J connectivity index is 2.73. The van der Waals surface area contributed by atoms with Crippen LogP contribution in [0.5, 0.6) is 0 Å². The van der Waals surface area contributed by atoms with Crippen LogP contribution in [0.25, 0.3) is 0 Å². The standard InChI is InChI=1S/C9H15N3/c1-4-5-12(3)9-6-8(2)10-7-11-9/h6-7H,4-5H2,1-3H3. The smallest absolute Gasteiger partial charge is 0.131 e. The van der Waals surface area contributed by atoms with Gasteiger partial charge in [-0.15, -0.1) is 0 Å². The third kappa shape index (κ3) is 2.19. The molecular formula is C9H15N3. The molecular weight excluding hydrogens is 150 g/mol. The average molecular weight is 165 g/mol. The molecule has 0 aliphatic carbocycles. The molecule has 12 heavy (non-hydrogen) atoms. The van der Waals surface area contributed by atoms with Gasteiger partial charge < -0.3 is 4.90 Å². The van der Waals surface area contributed by atoms with E-state index in [1.807, 2.05) is 20.0 Å². The van der Waals surface area contributed by atoms with Crippen LogP contribution in [0.1, 0.15) is 19.0 Å². The Morgan fingerprint density at radius 3 is 2.75 bits per heavy atom. The quantitative estimate of drug-likeness (QED) is 0.681. The fraction of sp³-hybridized carbons (Fsp3) is 0.556. The van der Waals surface area contributed by atoms with E-state index >= 15 is 0 Å². The first-order valence-electron chi connectivity index (χ1n) is 4.24. The minimum atomic E-state index is 1.00. The van der Waals surface area contributed by atoms with Crippen LogP contribution in [0.3, 0.4) is 0 Å². The highest BCUT2D eigenvalue weighted by Crippen LogP contribution is 2.07. The lowest BCUT2D eigenvalue weighted by molar-refractivity contribution is 0.832. The molecule has 3 heteroatoms. The van der Waals surface area contributed by atoms with Crippen LogP contribution in [0.4, 0.5) is 5.82 Å². The van der Waals surface area contributed by atoms with Gasteiger partial charge in [-0.1, -0.05) is 6.92 Å². The van der Waals surface area contributed by atoms with Gasteiger partial charge in [0.1, 0.15) is 12.1 Å². The highest BCUT2D eigenvalue weighted by molar-refractivity contribution is 5.37. The van der Waals surface area contributed by atoms with Crippen molar-refractivity contribution < 1.29 is 0 Å². The van der Waals surface area contributed by atoms with Crippen LogP contribution in [-0.4, -0.2) is 23.6 Å². The van der Waals surface area contributed by atoms with Gasteiger partial charge >= 0.3 is 0 Å². The van der Waals surface area contributed by atoms with E-state index in [1.165, 1.54) is 0 Å². The molecule has 0 bridgehead atoms. The monoisotopic (exact) mass is 165 g/mol. The van der Waals surface area contributed by atoms with Gasteiger partial charge in [0.15, 0.2) is 0 Å². The summed E-state index contributed by atoms with van der Waals surface area (Å²) >= 11 is 0. The highest BCUT2D eigenvalue weighted by Gasteiger charge is 1.99. The molecule has 0 spiro atoms. The van der Waals surface area contributed by atoms with E-state index in [1.54, 1.807) is 6.33 Å². The van der Waals surface area contributed by atoms with Crippen molar-refractivity contribution in [2.75, 3.05) is 18.5 Å². The second-order valence-corrected chi connectivity index (χ2v) is 2.94. The maximum absolute atomic E-state index is 4.17. The van der Waals surface area contributed by atoms with Crippen molar-refractivity contribution in [3.05, 3.63) is 18.1 Å². The molecule has 1 aromatic heterocycles. The minimum absolute atomic E-state index is 1.00. The Bertz CT molecular complexity index is 247. The van der Waals surface area contributed by atoms with Crippen LogP contribution < -0.4 is 4.90 Å². The molecule has 0 fully saturated rings. The average Bonchev–Trinajstić information content (AvgIpc) is 2.05.